The van der Waals surface area contributed by atoms with Gasteiger partial charge in [-0.25, -0.2) is 0 Å². The second-order valence-corrected chi connectivity index (χ2v) is 8.61. The van der Waals surface area contributed by atoms with Gasteiger partial charge >= 0.3 is 0 Å². The topological polar surface area (TPSA) is 49.4 Å². The van der Waals surface area contributed by atoms with Crippen LogP contribution in [0.4, 0.5) is 0 Å². The highest BCUT2D eigenvalue weighted by molar-refractivity contribution is 6.30. The maximum atomic E-state index is 13.4. The maximum absolute atomic E-state index is 13.4. The van der Waals surface area contributed by atoms with Crippen LogP contribution in [0.1, 0.15) is 55.7 Å². The number of nitrogens with one attached hydrogen (secondary N) is 1. The lowest BCUT2D eigenvalue weighted by Crippen LogP contribution is -2.51. The number of rotatable bonds is 8. The lowest BCUT2D eigenvalue weighted by molar-refractivity contribution is -0.141. The molecule has 30 heavy (non-hydrogen) atoms. The van der Waals surface area contributed by atoms with Crippen molar-refractivity contribution in [3.8, 4) is 0 Å². The minimum atomic E-state index is -0.489. The monoisotopic (exact) mass is 426 g/mol. The summed E-state index contributed by atoms with van der Waals surface area (Å²) in [4.78, 5) is 28.3. The smallest absolute Gasteiger partial charge is 0.243 e. The zero-order valence-corrected chi connectivity index (χ0v) is 18.6. The minimum absolute atomic E-state index is 0.0440. The fraction of sp³-hybridized carbons (Fsp3) is 0.440. The van der Waals surface area contributed by atoms with Crippen LogP contribution in [0.15, 0.2) is 48.5 Å². The Hall–Kier alpha value is -2.33. The van der Waals surface area contributed by atoms with Crippen LogP contribution in [0.5, 0.6) is 0 Å². The summed E-state index contributed by atoms with van der Waals surface area (Å²) in [5, 5.41) is 3.79. The zero-order chi connectivity index (χ0) is 21.5. The standard InChI is InChI=1S/C25H31ClN2O2/c1-3-23(25(30)27-22-13-6-7-14-22)28(17-20-11-5-4-9-18(20)2)24(29)16-19-10-8-12-21(26)15-19/h4-5,8-12,15,22-23H,3,6-7,13-14,16-17H2,1-2H3,(H,27,30). The van der Waals surface area contributed by atoms with Crippen LogP contribution in [-0.4, -0.2) is 28.8 Å². The summed E-state index contributed by atoms with van der Waals surface area (Å²) in [6, 6.07) is 15.1. The lowest BCUT2D eigenvalue weighted by Gasteiger charge is -2.32. The lowest BCUT2D eigenvalue weighted by atomic mass is 10.0. The first kappa shape index (κ1) is 22.4. The summed E-state index contributed by atoms with van der Waals surface area (Å²) >= 11 is 6.10. The Balaban J connectivity index is 1.83. The van der Waals surface area contributed by atoms with Crippen LogP contribution in [0.25, 0.3) is 0 Å². The molecule has 2 aromatic rings. The molecule has 0 bridgehead atoms. The molecule has 3 rings (SSSR count). The predicted molar refractivity (Wildman–Crippen MR) is 121 cm³/mol. The summed E-state index contributed by atoms with van der Waals surface area (Å²) in [7, 11) is 0. The molecule has 1 saturated carbocycles. The largest absolute Gasteiger partial charge is 0.352 e. The molecule has 1 atom stereocenters. The first-order chi connectivity index (χ1) is 14.5. The molecule has 1 aliphatic carbocycles. The van der Waals surface area contributed by atoms with Gasteiger partial charge in [0.2, 0.25) is 11.8 Å². The third-order valence-electron chi connectivity index (χ3n) is 5.93. The van der Waals surface area contributed by atoms with Gasteiger partial charge in [-0.1, -0.05) is 67.8 Å². The molecular formula is C25H31ClN2O2. The molecular weight excluding hydrogens is 396 g/mol. The summed E-state index contributed by atoms with van der Waals surface area (Å²) in [6.45, 7) is 4.42. The molecule has 0 aliphatic heterocycles. The number of halogens is 1. The number of carbonyl (C=O) groups is 2. The van der Waals surface area contributed by atoms with Crippen molar-refractivity contribution in [1.29, 1.82) is 0 Å². The molecule has 160 valence electrons. The van der Waals surface area contributed by atoms with E-state index in [1.54, 1.807) is 11.0 Å². The van der Waals surface area contributed by atoms with E-state index in [1.807, 2.05) is 56.3 Å². The highest BCUT2D eigenvalue weighted by atomic mass is 35.5. The Morgan fingerprint density at radius 2 is 1.87 bits per heavy atom. The summed E-state index contributed by atoms with van der Waals surface area (Å²) < 4.78 is 0. The van der Waals surface area contributed by atoms with Crippen molar-refractivity contribution < 1.29 is 9.59 Å². The number of nitrogens with zero attached hydrogens (tertiary/aromatic N) is 1. The third-order valence-corrected chi connectivity index (χ3v) is 6.17. The number of aryl methyl sites for hydroxylation is 1. The van der Waals surface area contributed by atoms with Crippen LogP contribution in [0.3, 0.4) is 0 Å². The van der Waals surface area contributed by atoms with Gasteiger partial charge in [0.25, 0.3) is 0 Å². The van der Waals surface area contributed by atoms with Gasteiger partial charge in [0, 0.05) is 17.6 Å². The number of carbonyl (C=O) groups excluding carboxylic acids is 2. The number of amides is 2. The van der Waals surface area contributed by atoms with Gasteiger partial charge in [0.15, 0.2) is 0 Å². The first-order valence-corrected chi connectivity index (χ1v) is 11.2. The van der Waals surface area contributed by atoms with Gasteiger partial charge < -0.3 is 10.2 Å². The van der Waals surface area contributed by atoms with E-state index in [-0.39, 0.29) is 24.3 Å². The fourth-order valence-corrected chi connectivity index (χ4v) is 4.39. The van der Waals surface area contributed by atoms with E-state index in [4.69, 9.17) is 11.6 Å². The Bertz CT molecular complexity index is 877. The van der Waals surface area contributed by atoms with Gasteiger partial charge in [0.1, 0.15) is 6.04 Å². The molecule has 2 amide bonds. The Morgan fingerprint density at radius 1 is 1.13 bits per heavy atom. The average molecular weight is 427 g/mol. The summed E-state index contributed by atoms with van der Waals surface area (Å²) in [5.41, 5.74) is 3.03. The SMILES string of the molecule is CCC(C(=O)NC1CCCC1)N(Cc1ccccc1C)C(=O)Cc1cccc(Cl)c1. The molecule has 0 radical (unpaired) electrons. The molecule has 0 saturated heterocycles. The van der Waals surface area contributed by atoms with Crippen molar-refractivity contribution in [2.75, 3.05) is 0 Å². The molecule has 1 N–H and O–H groups in total. The van der Waals surface area contributed by atoms with Crippen molar-refractivity contribution >= 4 is 23.4 Å². The third kappa shape index (κ3) is 5.85. The second kappa shape index (κ2) is 10.6. The highest BCUT2D eigenvalue weighted by Gasteiger charge is 2.30. The molecule has 1 unspecified atom stereocenters. The molecule has 1 fully saturated rings. The summed E-state index contributed by atoms with van der Waals surface area (Å²) in [6.07, 6.45) is 5.16. The van der Waals surface area contributed by atoms with Gasteiger partial charge in [-0.2, -0.15) is 0 Å². The predicted octanol–water partition coefficient (Wildman–Crippen LogP) is 5.06. The number of hydrogen-bond acceptors (Lipinski definition) is 2. The number of benzene rings is 2. The van der Waals surface area contributed by atoms with E-state index in [2.05, 4.69) is 5.32 Å². The van der Waals surface area contributed by atoms with Crippen LogP contribution in [-0.2, 0) is 22.6 Å². The van der Waals surface area contributed by atoms with Gasteiger partial charge in [-0.15, -0.1) is 0 Å². The molecule has 2 aromatic carbocycles. The molecule has 0 aromatic heterocycles. The Kier molecular flexibility index (Phi) is 7.92. The highest BCUT2D eigenvalue weighted by Crippen LogP contribution is 2.21. The van der Waals surface area contributed by atoms with E-state index in [0.29, 0.717) is 18.0 Å². The molecule has 0 spiro atoms. The fourth-order valence-electron chi connectivity index (χ4n) is 4.18. The van der Waals surface area contributed by atoms with Crippen molar-refractivity contribution in [1.82, 2.24) is 10.2 Å². The Morgan fingerprint density at radius 3 is 2.53 bits per heavy atom. The van der Waals surface area contributed by atoms with E-state index < -0.39 is 6.04 Å². The van der Waals surface area contributed by atoms with Gasteiger partial charge in [0.05, 0.1) is 6.42 Å². The van der Waals surface area contributed by atoms with Crippen molar-refractivity contribution in [2.24, 2.45) is 0 Å². The van der Waals surface area contributed by atoms with Crippen LogP contribution in [0.2, 0.25) is 5.02 Å². The van der Waals surface area contributed by atoms with Gasteiger partial charge in [-0.3, -0.25) is 9.59 Å². The van der Waals surface area contributed by atoms with Crippen LogP contribution >= 0.6 is 11.6 Å². The Labute approximate surface area is 184 Å². The van der Waals surface area contributed by atoms with Crippen LogP contribution < -0.4 is 5.32 Å². The maximum Gasteiger partial charge on any atom is 0.243 e. The van der Waals surface area contributed by atoms with Crippen molar-refractivity contribution in [3.63, 3.8) is 0 Å². The molecule has 4 nitrogen and oxygen atoms in total. The first-order valence-electron chi connectivity index (χ1n) is 10.9. The van der Waals surface area contributed by atoms with Gasteiger partial charge in [-0.05, 0) is 55.0 Å². The minimum Gasteiger partial charge on any atom is -0.352 e. The van der Waals surface area contributed by atoms with Crippen molar-refractivity contribution in [3.05, 3.63) is 70.2 Å². The molecule has 0 heterocycles. The van der Waals surface area contributed by atoms with E-state index in [0.717, 1.165) is 42.4 Å². The average Bonchev–Trinajstić information content (AvgIpc) is 3.22. The molecule has 5 heteroatoms. The van der Waals surface area contributed by atoms with E-state index in [9.17, 15) is 9.59 Å². The summed E-state index contributed by atoms with van der Waals surface area (Å²) in [5.74, 6) is -0.105. The number of hydrogen-bond donors (Lipinski definition) is 1. The van der Waals surface area contributed by atoms with Crippen molar-refractivity contribution in [2.45, 2.75) is 71.0 Å². The molecule has 1 aliphatic rings. The zero-order valence-electron chi connectivity index (χ0n) is 17.9. The van der Waals surface area contributed by atoms with E-state index >= 15 is 0 Å². The second-order valence-electron chi connectivity index (χ2n) is 8.17. The quantitative estimate of drug-likeness (QED) is 0.641. The van der Waals surface area contributed by atoms with E-state index in [1.165, 1.54) is 0 Å². The normalized spacial score (nSPS) is 15.0. The van der Waals surface area contributed by atoms with Crippen LogP contribution in [0, 0.1) is 6.92 Å².